The Bertz CT molecular complexity index is 503. The molecule has 19 heavy (non-hydrogen) atoms. The fraction of sp³-hybridized carbons (Fsp3) is 0.417. The van der Waals surface area contributed by atoms with E-state index >= 15 is 0 Å². The number of amides is 1. The molecule has 0 radical (unpaired) electrons. The molecule has 1 amide bonds. The van der Waals surface area contributed by atoms with Crippen LogP contribution in [0.4, 0.5) is 0 Å². The highest BCUT2D eigenvalue weighted by atomic mass is 32.2. The summed E-state index contributed by atoms with van der Waals surface area (Å²) in [5.74, 6) is 5.64. The third-order valence-electron chi connectivity index (χ3n) is 2.54. The average molecular weight is 302 g/mol. The third kappa shape index (κ3) is 6.09. The molecule has 0 spiro atoms. The van der Waals surface area contributed by atoms with Gasteiger partial charge in [0.15, 0.2) is 0 Å². The van der Waals surface area contributed by atoms with Crippen molar-refractivity contribution in [3.8, 4) is 0 Å². The number of carbonyl (C=O) groups excluding carboxylic acids is 1. The number of hydrazine groups is 1. The molecule has 1 atom stereocenters. The Balaban J connectivity index is 2.60. The van der Waals surface area contributed by atoms with Crippen LogP contribution < -0.4 is 11.3 Å². The highest BCUT2D eigenvalue weighted by molar-refractivity contribution is 8.00. The van der Waals surface area contributed by atoms with Crippen LogP contribution >= 0.6 is 11.8 Å². The molecule has 106 valence electrons. The van der Waals surface area contributed by atoms with Crippen molar-refractivity contribution < 1.29 is 13.2 Å². The van der Waals surface area contributed by atoms with Crippen LogP contribution in [-0.4, -0.2) is 37.8 Å². The monoisotopic (exact) mass is 302 g/mol. The quantitative estimate of drug-likeness (QED) is 0.332. The SMILES string of the molecule is CS(=O)(=O)CCSCC(C(=O)NN)c1ccccc1. The lowest BCUT2D eigenvalue weighted by atomic mass is 10.0. The topological polar surface area (TPSA) is 89.3 Å². The van der Waals surface area contributed by atoms with Crippen molar-refractivity contribution in [3.05, 3.63) is 35.9 Å². The van der Waals surface area contributed by atoms with E-state index < -0.39 is 9.84 Å². The average Bonchev–Trinajstić information content (AvgIpc) is 2.38. The van der Waals surface area contributed by atoms with Crippen LogP contribution in [0.15, 0.2) is 30.3 Å². The van der Waals surface area contributed by atoms with Crippen LogP contribution in [0.25, 0.3) is 0 Å². The highest BCUT2D eigenvalue weighted by Crippen LogP contribution is 2.21. The molecule has 0 aliphatic heterocycles. The van der Waals surface area contributed by atoms with Gasteiger partial charge in [-0.2, -0.15) is 11.8 Å². The van der Waals surface area contributed by atoms with E-state index in [2.05, 4.69) is 5.43 Å². The molecule has 1 rings (SSSR count). The van der Waals surface area contributed by atoms with E-state index in [1.54, 1.807) is 0 Å². The molecule has 3 N–H and O–H groups in total. The van der Waals surface area contributed by atoms with E-state index in [0.29, 0.717) is 11.5 Å². The normalized spacial score (nSPS) is 12.9. The Labute approximate surface area is 117 Å². The van der Waals surface area contributed by atoms with Crippen molar-refractivity contribution >= 4 is 27.5 Å². The predicted octanol–water partition coefficient (Wildman–Crippen LogP) is 0.538. The number of rotatable bonds is 7. The molecule has 1 unspecified atom stereocenters. The van der Waals surface area contributed by atoms with Crippen LogP contribution in [0, 0.1) is 0 Å². The summed E-state index contributed by atoms with van der Waals surface area (Å²) in [5.41, 5.74) is 3.02. The molecule has 0 aliphatic carbocycles. The Morgan fingerprint density at radius 1 is 1.37 bits per heavy atom. The van der Waals surface area contributed by atoms with Gasteiger partial charge in [-0.05, 0) is 5.56 Å². The molecular weight excluding hydrogens is 284 g/mol. The molecule has 0 bridgehead atoms. The minimum Gasteiger partial charge on any atom is -0.294 e. The first-order chi connectivity index (χ1) is 8.94. The van der Waals surface area contributed by atoms with Crippen LogP contribution in [0.3, 0.4) is 0 Å². The number of hydrogen-bond donors (Lipinski definition) is 2. The van der Waals surface area contributed by atoms with Gasteiger partial charge in [0.1, 0.15) is 9.84 Å². The molecular formula is C12H18N2O3S2. The summed E-state index contributed by atoms with van der Waals surface area (Å²) in [6.45, 7) is 0. The Morgan fingerprint density at radius 3 is 2.53 bits per heavy atom. The van der Waals surface area contributed by atoms with Gasteiger partial charge in [0.05, 0.1) is 11.7 Å². The van der Waals surface area contributed by atoms with E-state index in [9.17, 15) is 13.2 Å². The van der Waals surface area contributed by atoms with E-state index in [4.69, 9.17) is 5.84 Å². The largest absolute Gasteiger partial charge is 0.294 e. The predicted molar refractivity (Wildman–Crippen MR) is 78.5 cm³/mol. The Kier molecular flexibility index (Phi) is 6.33. The lowest BCUT2D eigenvalue weighted by Gasteiger charge is -2.15. The molecule has 0 fully saturated rings. The van der Waals surface area contributed by atoms with E-state index in [0.717, 1.165) is 5.56 Å². The van der Waals surface area contributed by atoms with Gasteiger partial charge in [-0.25, -0.2) is 14.3 Å². The number of nitrogens with two attached hydrogens (primary N) is 1. The standard InChI is InChI=1S/C12H18N2O3S2/c1-19(16,17)8-7-18-9-11(12(15)14-13)10-5-3-2-4-6-10/h2-6,11H,7-9,13H2,1H3,(H,14,15). The summed E-state index contributed by atoms with van der Waals surface area (Å²) < 4.78 is 22.0. The summed E-state index contributed by atoms with van der Waals surface area (Å²) in [4.78, 5) is 11.7. The number of carbonyl (C=O) groups is 1. The lowest BCUT2D eigenvalue weighted by molar-refractivity contribution is -0.122. The molecule has 1 aromatic rings. The number of hydrogen-bond acceptors (Lipinski definition) is 5. The minimum absolute atomic E-state index is 0.115. The van der Waals surface area contributed by atoms with E-state index in [-0.39, 0.29) is 17.6 Å². The maximum atomic E-state index is 11.7. The maximum Gasteiger partial charge on any atom is 0.242 e. The minimum atomic E-state index is -2.96. The van der Waals surface area contributed by atoms with Crippen LogP contribution in [0.1, 0.15) is 11.5 Å². The van der Waals surface area contributed by atoms with Crippen molar-refractivity contribution in [1.29, 1.82) is 0 Å². The Morgan fingerprint density at radius 2 is 2.00 bits per heavy atom. The molecule has 0 heterocycles. The maximum absolute atomic E-state index is 11.7. The van der Waals surface area contributed by atoms with Crippen molar-refractivity contribution in [2.75, 3.05) is 23.5 Å². The van der Waals surface area contributed by atoms with Crippen LogP contribution in [-0.2, 0) is 14.6 Å². The van der Waals surface area contributed by atoms with Crippen LogP contribution in [0.2, 0.25) is 0 Å². The smallest absolute Gasteiger partial charge is 0.242 e. The van der Waals surface area contributed by atoms with Gasteiger partial charge in [-0.3, -0.25) is 10.2 Å². The van der Waals surface area contributed by atoms with Gasteiger partial charge >= 0.3 is 0 Å². The third-order valence-corrected chi connectivity index (χ3v) is 4.81. The molecule has 0 saturated heterocycles. The first-order valence-electron chi connectivity index (χ1n) is 5.75. The van der Waals surface area contributed by atoms with Crippen molar-refractivity contribution in [1.82, 2.24) is 5.43 Å². The zero-order valence-corrected chi connectivity index (χ0v) is 12.3. The van der Waals surface area contributed by atoms with Crippen molar-refractivity contribution in [2.45, 2.75) is 5.92 Å². The molecule has 0 aliphatic rings. The summed E-state index contributed by atoms with van der Waals surface area (Å²) in [6, 6.07) is 9.30. The number of benzene rings is 1. The molecule has 5 nitrogen and oxygen atoms in total. The second-order valence-electron chi connectivity index (χ2n) is 4.18. The lowest BCUT2D eigenvalue weighted by Crippen LogP contribution is -2.35. The fourth-order valence-electron chi connectivity index (χ4n) is 1.52. The van der Waals surface area contributed by atoms with Crippen LogP contribution in [0.5, 0.6) is 0 Å². The Hall–Kier alpha value is -1.05. The first kappa shape index (κ1) is 16.0. The molecule has 0 saturated carbocycles. The van der Waals surface area contributed by atoms with Crippen molar-refractivity contribution in [2.24, 2.45) is 5.84 Å². The second kappa shape index (κ2) is 7.52. The summed E-state index contributed by atoms with van der Waals surface area (Å²) in [6.07, 6.45) is 1.20. The number of sulfone groups is 1. The zero-order chi connectivity index (χ0) is 14.3. The molecule has 7 heteroatoms. The summed E-state index contributed by atoms with van der Waals surface area (Å²) >= 11 is 1.43. The van der Waals surface area contributed by atoms with Gasteiger partial charge in [-0.1, -0.05) is 30.3 Å². The summed E-state index contributed by atoms with van der Waals surface area (Å²) in [5, 5.41) is 0. The van der Waals surface area contributed by atoms with Crippen molar-refractivity contribution in [3.63, 3.8) is 0 Å². The van der Waals surface area contributed by atoms with Gasteiger partial charge in [0.2, 0.25) is 5.91 Å². The van der Waals surface area contributed by atoms with Gasteiger partial charge in [0, 0.05) is 17.8 Å². The van der Waals surface area contributed by atoms with Gasteiger partial charge in [0.25, 0.3) is 0 Å². The molecule has 1 aromatic carbocycles. The second-order valence-corrected chi connectivity index (χ2v) is 7.59. The summed E-state index contributed by atoms with van der Waals surface area (Å²) in [7, 11) is -2.96. The highest BCUT2D eigenvalue weighted by Gasteiger charge is 2.19. The number of nitrogens with one attached hydrogen (secondary N) is 1. The van der Waals surface area contributed by atoms with Gasteiger partial charge in [-0.15, -0.1) is 0 Å². The van der Waals surface area contributed by atoms with E-state index in [1.807, 2.05) is 30.3 Å². The van der Waals surface area contributed by atoms with E-state index in [1.165, 1.54) is 18.0 Å². The fourth-order valence-corrected chi connectivity index (χ4v) is 3.95. The molecule has 0 aromatic heterocycles. The zero-order valence-electron chi connectivity index (χ0n) is 10.7. The van der Waals surface area contributed by atoms with Gasteiger partial charge < -0.3 is 0 Å². The first-order valence-corrected chi connectivity index (χ1v) is 8.96. The number of thioether (sulfide) groups is 1.